The number of halogens is 1. The van der Waals surface area contributed by atoms with Gasteiger partial charge >= 0.3 is 0 Å². The topological polar surface area (TPSA) is 71.7 Å². The van der Waals surface area contributed by atoms with Crippen molar-refractivity contribution in [3.05, 3.63) is 64.5 Å². The summed E-state index contributed by atoms with van der Waals surface area (Å²) in [6, 6.07) is 13.2. The Morgan fingerprint density at radius 1 is 1.10 bits per heavy atom. The van der Waals surface area contributed by atoms with Crippen molar-refractivity contribution in [1.29, 1.82) is 0 Å². The second-order valence-electron chi connectivity index (χ2n) is 7.66. The van der Waals surface area contributed by atoms with Crippen LogP contribution in [0.4, 0.5) is 0 Å². The summed E-state index contributed by atoms with van der Waals surface area (Å²) in [7, 11) is 0. The molecular formula is C23H25ClN4O3. The first-order valence-corrected chi connectivity index (χ1v) is 10.6. The summed E-state index contributed by atoms with van der Waals surface area (Å²) in [6.45, 7) is 7.43. The van der Waals surface area contributed by atoms with Crippen molar-refractivity contribution >= 4 is 17.5 Å². The van der Waals surface area contributed by atoms with Gasteiger partial charge in [0.1, 0.15) is 5.75 Å². The van der Waals surface area contributed by atoms with Crippen LogP contribution in [0.5, 0.6) is 5.75 Å². The lowest BCUT2D eigenvalue weighted by Crippen LogP contribution is -2.49. The molecule has 4 rings (SSSR count). The summed E-state index contributed by atoms with van der Waals surface area (Å²) < 4.78 is 11.2. The Hall–Kier alpha value is -2.90. The summed E-state index contributed by atoms with van der Waals surface area (Å²) in [5, 5.41) is 4.72. The number of piperazine rings is 1. The number of rotatable bonds is 6. The molecule has 2 aromatic carbocycles. The van der Waals surface area contributed by atoms with E-state index >= 15 is 0 Å². The van der Waals surface area contributed by atoms with E-state index in [1.54, 1.807) is 12.1 Å². The lowest BCUT2D eigenvalue weighted by molar-refractivity contribution is -0.135. The number of aryl methyl sites for hydroxylation is 1. The van der Waals surface area contributed by atoms with Crippen molar-refractivity contribution in [2.75, 3.05) is 32.8 Å². The first-order chi connectivity index (χ1) is 15.0. The highest BCUT2D eigenvalue weighted by atomic mass is 35.5. The molecule has 8 heteroatoms. The molecule has 0 saturated carbocycles. The van der Waals surface area contributed by atoms with Crippen LogP contribution in [-0.4, -0.2) is 58.6 Å². The van der Waals surface area contributed by atoms with Gasteiger partial charge in [0.25, 0.3) is 5.91 Å². The van der Waals surface area contributed by atoms with Crippen LogP contribution >= 0.6 is 11.6 Å². The number of carbonyl (C=O) groups is 1. The number of aromatic nitrogens is 2. The normalized spacial score (nSPS) is 14.6. The highest BCUT2D eigenvalue weighted by Gasteiger charge is 2.23. The Bertz CT molecular complexity index is 1040. The van der Waals surface area contributed by atoms with Crippen LogP contribution in [0.15, 0.2) is 47.0 Å². The van der Waals surface area contributed by atoms with Crippen molar-refractivity contribution in [2.45, 2.75) is 20.4 Å². The Labute approximate surface area is 186 Å². The fraction of sp³-hybridized carbons (Fsp3) is 0.348. The van der Waals surface area contributed by atoms with E-state index in [0.29, 0.717) is 36.4 Å². The molecule has 1 aliphatic rings. The summed E-state index contributed by atoms with van der Waals surface area (Å²) >= 11 is 5.92. The lowest BCUT2D eigenvalue weighted by Gasteiger charge is -2.33. The highest BCUT2D eigenvalue weighted by Crippen LogP contribution is 2.21. The molecule has 0 N–H and O–H groups in total. The van der Waals surface area contributed by atoms with Crippen LogP contribution in [-0.2, 0) is 11.3 Å². The van der Waals surface area contributed by atoms with E-state index in [4.69, 9.17) is 20.9 Å². The van der Waals surface area contributed by atoms with Gasteiger partial charge < -0.3 is 14.2 Å². The molecule has 7 nitrogen and oxygen atoms in total. The van der Waals surface area contributed by atoms with Gasteiger partial charge in [0, 0.05) is 36.8 Å². The average Bonchev–Trinajstić information content (AvgIpc) is 3.24. The van der Waals surface area contributed by atoms with Crippen molar-refractivity contribution in [2.24, 2.45) is 0 Å². The van der Waals surface area contributed by atoms with Gasteiger partial charge in [-0.3, -0.25) is 9.69 Å². The van der Waals surface area contributed by atoms with Crippen LogP contribution in [0.1, 0.15) is 17.0 Å². The molecule has 1 fully saturated rings. The van der Waals surface area contributed by atoms with Gasteiger partial charge in [-0.25, -0.2) is 0 Å². The van der Waals surface area contributed by atoms with Crippen molar-refractivity contribution < 1.29 is 14.1 Å². The third-order valence-corrected chi connectivity index (χ3v) is 5.81. The van der Waals surface area contributed by atoms with Crippen molar-refractivity contribution in [3.63, 3.8) is 0 Å². The van der Waals surface area contributed by atoms with Gasteiger partial charge in [0.05, 0.1) is 6.54 Å². The van der Waals surface area contributed by atoms with E-state index in [-0.39, 0.29) is 12.5 Å². The predicted octanol–water partition coefficient (Wildman–Crippen LogP) is 3.73. The maximum atomic E-state index is 12.5. The number of nitrogens with zero attached hydrogens (tertiary/aromatic N) is 4. The summed E-state index contributed by atoms with van der Waals surface area (Å²) in [5.41, 5.74) is 3.08. The minimum absolute atomic E-state index is 0.00312. The fourth-order valence-electron chi connectivity index (χ4n) is 3.49. The molecule has 1 saturated heterocycles. The number of ether oxygens (including phenoxy) is 1. The standard InChI is InChI=1S/C23H25ClN4O3/c1-16-4-3-5-20(17(16)2)30-15-22(29)28-12-10-27(11-13-28)14-21-25-23(26-31-21)18-6-8-19(24)9-7-18/h3-9H,10-15H2,1-2H3. The molecule has 0 spiro atoms. The Balaban J connectivity index is 1.25. The van der Waals surface area contributed by atoms with Crippen LogP contribution in [0, 0.1) is 13.8 Å². The Morgan fingerprint density at radius 3 is 2.58 bits per heavy atom. The minimum atomic E-state index is 0.00312. The summed E-state index contributed by atoms with van der Waals surface area (Å²) in [4.78, 5) is 21.1. The van der Waals surface area contributed by atoms with E-state index in [2.05, 4.69) is 15.0 Å². The first-order valence-electron chi connectivity index (χ1n) is 10.3. The van der Waals surface area contributed by atoms with E-state index in [1.807, 2.05) is 49.1 Å². The molecular weight excluding hydrogens is 416 g/mol. The maximum absolute atomic E-state index is 12.5. The molecule has 0 atom stereocenters. The molecule has 3 aromatic rings. The van der Waals surface area contributed by atoms with Gasteiger partial charge in [0.2, 0.25) is 11.7 Å². The molecule has 1 aliphatic heterocycles. The summed E-state index contributed by atoms with van der Waals surface area (Å²) in [5.74, 6) is 1.87. The number of hydrogen-bond donors (Lipinski definition) is 0. The SMILES string of the molecule is Cc1cccc(OCC(=O)N2CCN(Cc3nc(-c4ccc(Cl)cc4)no3)CC2)c1C. The van der Waals surface area contributed by atoms with Crippen LogP contribution in [0.3, 0.4) is 0 Å². The molecule has 1 aromatic heterocycles. The molecule has 0 radical (unpaired) electrons. The molecule has 1 amide bonds. The van der Waals surface area contributed by atoms with Gasteiger partial charge in [0.15, 0.2) is 6.61 Å². The van der Waals surface area contributed by atoms with E-state index in [1.165, 1.54) is 0 Å². The molecule has 2 heterocycles. The smallest absolute Gasteiger partial charge is 0.260 e. The minimum Gasteiger partial charge on any atom is -0.483 e. The second kappa shape index (κ2) is 9.49. The zero-order valence-corrected chi connectivity index (χ0v) is 18.4. The third kappa shape index (κ3) is 5.24. The highest BCUT2D eigenvalue weighted by molar-refractivity contribution is 6.30. The van der Waals surface area contributed by atoms with Crippen LogP contribution < -0.4 is 4.74 Å². The zero-order chi connectivity index (χ0) is 21.8. The van der Waals surface area contributed by atoms with E-state index in [9.17, 15) is 4.79 Å². The number of carbonyl (C=O) groups excluding carboxylic acids is 1. The quantitative estimate of drug-likeness (QED) is 0.581. The molecule has 0 aliphatic carbocycles. The van der Waals surface area contributed by atoms with Crippen LogP contribution in [0.25, 0.3) is 11.4 Å². The average molecular weight is 441 g/mol. The largest absolute Gasteiger partial charge is 0.483 e. The number of amides is 1. The van der Waals surface area contributed by atoms with Crippen LogP contribution in [0.2, 0.25) is 5.02 Å². The maximum Gasteiger partial charge on any atom is 0.260 e. The van der Waals surface area contributed by atoms with Gasteiger partial charge in [-0.15, -0.1) is 0 Å². The van der Waals surface area contributed by atoms with Gasteiger partial charge in [-0.1, -0.05) is 28.9 Å². The number of benzene rings is 2. The molecule has 162 valence electrons. The second-order valence-corrected chi connectivity index (χ2v) is 8.10. The molecule has 31 heavy (non-hydrogen) atoms. The van der Waals surface area contributed by atoms with E-state index < -0.39 is 0 Å². The van der Waals surface area contributed by atoms with Crippen molar-refractivity contribution in [3.8, 4) is 17.1 Å². The van der Waals surface area contributed by atoms with Gasteiger partial charge in [-0.05, 0) is 55.3 Å². The monoisotopic (exact) mass is 440 g/mol. The fourth-order valence-corrected chi connectivity index (χ4v) is 3.62. The Kier molecular flexibility index (Phi) is 6.53. The molecule has 0 unspecified atom stereocenters. The van der Waals surface area contributed by atoms with Crippen molar-refractivity contribution in [1.82, 2.24) is 19.9 Å². The lowest BCUT2D eigenvalue weighted by atomic mass is 10.1. The Morgan fingerprint density at radius 2 is 1.84 bits per heavy atom. The van der Waals surface area contributed by atoms with Gasteiger partial charge in [-0.2, -0.15) is 4.98 Å². The summed E-state index contributed by atoms with van der Waals surface area (Å²) in [6.07, 6.45) is 0. The first kappa shape index (κ1) is 21.3. The predicted molar refractivity (Wildman–Crippen MR) is 118 cm³/mol. The third-order valence-electron chi connectivity index (χ3n) is 5.56. The molecule has 0 bridgehead atoms. The van der Waals surface area contributed by atoms with E-state index in [0.717, 1.165) is 35.5 Å². The zero-order valence-electron chi connectivity index (χ0n) is 17.7. The number of hydrogen-bond acceptors (Lipinski definition) is 6.